The quantitative estimate of drug-likeness (QED) is 0.903. The second-order valence-corrected chi connectivity index (χ2v) is 7.34. The number of nitrogens with one attached hydrogen (secondary N) is 1. The lowest BCUT2D eigenvalue weighted by molar-refractivity contribution is -0.138. The first kappa shape index (κ1) is 15.7. The molecular weight excluding hydrogens is 324 g/mol. The molecule has 1 N–H and O–H groups in total. The molecule has 2 aliphatic rings. The molecule has 7 heteroatoms. The summed E-state index contributed by atoms with van der Waals surface area (Å²) in [5, 5.41) is 6.91. The van der Waals surface area contributed by atoms with E-state index in [4.69, 9.17) is 4.74 Å². The molecule has 1 aromatic carbocycles. The van der Waals surface area contributed by atoms with Gasteiger partial charge in [-0.05, 0) is 30.2 Å². The highest BCUT2D eigenvalue weighted by Crippen LogP contribution is 2.38. The zero-order valence-corrected chi connectivity index (χ0v) is 14.4. The van der Waals surface area contributed by atoms with Gasteiger partial charge in [-0.1, -0.05) is 24.3 Å². The third-order valence-corrected chi connectivity index (χ3v) is 5.73. The lowest BCUT2D eigenvalue weighted by atomic mass is 10.0. The molecule has 1 amide bonds. The number of benzene rings is 1. The molecule has 2 atom stereocenters. The maximum atomic E-state index is 13.1. The van der Waals surface area contributed by atoms with Gasteiger partial charge in [0.05, 0.1) is 13.2 Å². The number of aromatic nitrogens is 3. The number of ether oxygens (including phenoxy) is 1. The van der Waals surface area contributed by atoms with Gasteiger partial charge >= 0.3 is 0 Å². The Balaban J connectivity index is 1.52. The fourth-order valence-corrected chi connectivity index (χ4v) is 4.55. The Morgan fingerprint density at radius 3 is 3.12 bits per heavy atom. The lowest BCUT2D eigenvalue weighted by Crippen LogP contribution is -2.44. The molecule has 4 rings (SSSR count). The third-order valence-electron chi connectivity index (χ3n) is 4.50. The van der Waals surface area contributed by atoms with Gasteiger partial charge in [-0.25, -0.2) is 4.98 Å². The largest absolute Gasteiger partial charge is 0.366 e. The Morgan fingerprint density at radius 1 is 1.42 bits per heavy atom. The Labute approximate surface area is 145 Å². The van der Waals surface area contributed by atoms with Gasteiger partial charge in [0.15, 0.2) is 5.82 Å². The van der Waals surface area contributed by atoms with E-state index in [0.717, 1.165) is 23.6 Å². The highest BCUT2D eigenvalue weighted by molar-refractivity contribution is 8.00. The van der Waals surface area contributed by atoms with Gasteiger partial charge in [0, 0.05) is 6.54 Å². The fraction of sp³-hybridized carbons (Fsp3) is 0.471. The number of morpholine rings is 1. The molecule has 0 bridgehead atoms. The minimum absolute atomic E-state index is 0.109. The number of carbonyl (C=O) groups is 1. The monoisotopic (exact) mass is 344 g/mol. The summed E-state index contributed by atoms with van der Waals surface area (Å²) in [5.41, 5.74) is 2.46. The number of fused-ring (bicyclic) bond motifs is 1. The summed E-state index contributed by atoms with van der Waals surface area (Å²) in [6.07, 6.45) is 0.781. The number of thioether (sulfide) groups is 1. The van der Waals surface area contributed by atoms with Crippen LogP contribution in [-0.2, 0) is 16.0 Å². The fourth-order valence-electron chi connectivity index (χ4n) is 3.27. The van der Waals surface area contributed by atoms with Crippen LogP contribution in [0.1, 0.15) is 34.1 Å². The summed E-state index contributed by atoms with van der Waals surface area (Å²) in [5.74, 6) is 2.55. The first-order valence-electron chi connectivity index (χ1n) is 8.21. The first-order valence-corrected chi connectivity index (χ1v) is 9.26. The standard InChI is InChI=1S/C17H20N4O2S/c1-11-18-16(20-19-11)14-10-21(7-8-23-14)17(22)15-13-5-3-2-4-12(13)6-9-24-15/h2-5,14-15H,6-10H2,1H3,(H,18,19,20). The van der Waals surface area contributed by atoms with Crippen LogP contribution in [0.3, 0.4) is 0 Å². The van der Waals surface area contributed by atoms with Crippen molar-refractivity contribution in [2.75, 3.05) is 25.4 Å². The predicted molar refractivity (Wildman–Crippen MR) is 91.7 cm³/mol. The second kappa shape index (κ2) is 6.57. The van der Waals surface area contributed by atoms with Crippen LogP contribution >= 0.6 is 11.8 Å². The van der Waals surface area contributed by atoms with E-state index in [9.17, 15) is 4.79 Å². The van der Waals surface area contributed by atoms with Gasteiger partial charge in [0.25, 0.3) is 0 Å². The number of rotatable bonds is 2. The summed E-state index contributed by atoms with van der Waals surface area (Å²) in [6.45, 7) is 3.51. The first-order chi connectivity index (χ1) is 11.7. The smallest absolute Gasteiger partial charge is 0.240 e. The summed E-state index contributed by atoms with van der Waals surface area (Å²) in [7, 11) is 0. The minimum atomic E-state index is -0.253. The molecule has 0 saturated carbocycles. The number of hydrogen-bond donors (Lipinski definition) is 1. The van der Waals surface area contributed by atoms with Crippen molar-refractivity contribution in [1.29, 1.82) is 0 Å². The van der Waals surface area contributed by atoms with E-state index in [1.807, 2.05) is 24.0 Å². The number of carbonyl (C=O) groups excluding carboxylic acids is 1. The number of aromatic amines is 1. The Hall–Kier alpha value is -1.86. The van der Waals surface area contributed by atoms with Crippen molar-refractivity contribution in [3.63, 3.8) is 0 Å². The number of H-pyrrole nitrogens is 1. The zero-order valence-electron chi connectivity index (χ0n) is 13.6. The van der Waals surface area contributed by atoms with Gasteiger partial charge < -0.3 is 9.64 Å². The van der Waals surface area contributed by atoms with Crippen LogP contribution in [0.4, 0.5) is 0 Å². The minimum Gasteiger partial charge on any atom is -0.366 e. The molecular formula is C17H20N4O2S. The second-order valence-electron chi connectivity index (χ2n) is 6.12. The molecule has 1 saturated heterocycles. The van der Waals surface area contributed by atoms with Crippen LogP contribution < -0.4 is 0 Å². The van der Waals surface area contributed by atoms with Crippen LogP contribution in [-0.4, -0.2) is 51.4 Å². The molecule has 0 radical (unpaired) electrons. The van der Waals surface area contributed by atoms with Gasteiger partial charge in [-0.2, -0.15) is 5.10 Å². The number of nitrogens with zero attached hydrogens (tertiary/aromatic N) is 3. The Kier molecular flexibility index (Phi) is 4.28. The molecule has 0 aliphatic carbocycles. The SMILES string of the molecule is Cc1nc(C2CN(C(=O)C3SCCc4ccccc43)CCO2)n[nH]1. The van der Waals surface area contributed by atoms with E-state index < -0.39 is 0 Å². The van der Waals surface area contributed by atoms with Crippen molar-refractivity contribution in [3.05, 3.63) is 47.0 Å². The van der Waals surface area contributed by atoms with Gasteiger partial charge in [0.2, 0.25) is 5.91 Å². The topological polar surface area (TPSA) is 71.1 Å². The summed E-state index contributed by atoms with van der Waals surface area (Å²) < 4.78 is 5.77. The zero-order chi connectivity index (χ0) is 16.5. The van der Waals surface area contributed by atoms with E-state index in [1.54, 1.807) is 11.8 Å². The van der Waals surface area contributed by atoms with E-state index in [-0.39, 0.29) is 17.3 Å². The number of aryl methyl sites for hydroxylation is 2. The summed E-state index contributed by atoms with van der Waals surface area (Å²) in [4.78, 5) is 19.3. The van der Waals surface area contributed by atoms with Gasteiger partial charge in [0.1, 0.15) is 17.2 Å². The molecule has 24 heavy (non-hydrogen) atoms. The average Bonchev–Trinajstić information content (AvgIpc) is 3.07. The van der Waals surface area contributed by atoms with Crippen LogP contribution in [0, 0.1) is 6.92 Å². The number of amides is 1. The third kappa shape index (κ3) is 2.93. The highest BCUT2D eigenvalue weighted by atomic mass is 32.2. The Bertz CT molecular complexity index is 748. The molecule has 6 nitrogen and oxygen atoms in total. The number of hydrogen-bond acceptors (Lipinski definition) is 5. The van der Waals surface area contributed by atoms with E-state index in [2.05, 4.69) is 27.3 Å². The molecule has 2 unspecified atom stereocenters. The van der Waals surface area contributed by atoms with Crippen molar-refractivity contribution in [3.8, 4) is 0 Å². The predicted octanol–water partition coefficient (Wildman–Crippen LogP) is 2.04. The van der Waals surface area contributed by atoms with E-state index in [0.29, 0.717) is 25.5 Å². The van der Waals surface area contributed by atoms with Crippen LogP contribution in [0.5, 0.6) is 0 Å². The van der Waals surface area contributed by atoms with Crippen LogP contribution in [0.2, 0.25) is 0 Å². The van der Waals surface area contributed by atoms with Crippen molar-refractivity contribution in [2.24, 2.45) is 0 Å². The molecule has 1 aromatic heterocycles. The van der Waals surface area contributed by atoms with Crippen molar-refractivity contribution < 1.29 is 9.53 Å². The maximum absolute atomic E-state index is 13.1. The van der Waals surface area contributed by atoms with E-state index >= 15 is 0 Å². The molecule has 0 spiro atoms. The van der Waals surface area contributed by atoms with Gasteiger partial charge in [-0.15, -0.1) is 11.8 Å². The van der Waals surface area contributed by atoms with Crippen molar-refractivity contribution in [2.45, 2.75) is 24.7 Å². The van der Waals surface area contributed by atoms with Gasteiger partial charge in [-0.3, -0.25) is 9.89 Å². The lowest BCUT2D eigenvalue weighted by Gasteiger charge is -2.35. The van der Waals surface area contributed by atoms with Crippen molar-refractivity contribution >= 4 is 17.7 Å². The molecule has 126 valence electrons. The van der Waals surface area contributed by atoms with Crippen LogP contribution in [0.15, 0.2) is 24.3 Å². The normalized spacial score (nSPS) is 23.8. The molecule has 2 aromatic rings. The molecule has 1 fully saturated rings. The molecule has 2 aliphatic heterocycles. The maximum Gasteiger partial charge on any atom is 0.240 e. The van der Waals surface area contributed by atoms with Crippen LogP contribution in [0.25, 0.3) is 0 Å². The molecule has 3 heterocycles. The Morgan fingerprint density at radius 2 is 2.29 bits per heavy atom. The van der Waals surface area contributed by atoms with E-state index in [1.165, 1.54) is 5.56 Å². The summed E-state index contributed by atoms with van der Waals surface area (Å²) in [6, 6.07) is 8.28. The highest BCUT2D eigenvalue weighted by Gasteiger charge is 2.34. The summed E-state index contributed by atoms with van der Waals surface area (Å²) >= 11 is 1.74. The van der Waals surface area contributed by atoms with Crippen molar-refractivity contribution in [1.82, 2.24) is 20.1 Å². The average molecular weight is 344 g/mol.